The summed E-state index contributed by atoms with van der Waals surface area (Å²) >= 11 is 0. The van der Waals surface area contributed by atoms with Crippen molar-refractivity contribution in [1.82, 2.24) is 19.8 Å². The maximum absolute atomic E-state index is 13.6. The molecule has 1 aromatic heterocycles. The van der Waals surface area contributed by atoms with Crippen LogP contribution in [0, 0.1) is 31.1 Å². The summed E-state index contributed by atoms with van der Waals surface area (Å²) in [5, 5.41) is 9.05. The number of carbonyl (C=O) groups excluding carboxylic acids is 2. The van der Waals surface area contributed by atoms with E-state index in [0.717, 1.165) is 78.1 Å². The number of H-pyrrole nitrogens is 1. The van der Waals surface area contributed by atoms with Gasteiger partial charge in [-0.2, -0.15) is 5.26 Å². The molecule has 7 heteroatoms. The summed E-state index contributed by atoms with van der Waals surface area (Å²) in [4.78, 5) is 38.5. The van der Waals surface area contributed by atoms with E-state index < -0.39 is 0 Å². The van der Waals surface area contributed by atoms with Crippen molar-refractivity contribution in [1.29, 1.82) is 5.26 Å². The number of nitrogens with zero attached hydrogens (tertiary/aromatic N) is 4. The van der Waals surface area contributed by atoms with E-state index in [1.807, 2.05) is 47.1 Å². The molecule has 0 atom stereocenters. The molecule has 3 heterocycles. The van der Waals surface area contributed by atoms with Crippen LogP contribution in [0.3, 0.4) is 0 Å². The van der Waals surface area contributed by atoms with Crippen molar-refractivity contribution in [3.63, 3.8) is 0 Å². The molecular formula is C31H33N5O2. The Hall–Kier alpha value is -3.92. The molecule has 3 aliphatic rings. The van der Waals surface area contributed by atoms with Crippen LogP contribution < -0.4 is 0 Å². The molecule has 2 aliphatic heterocycles. The Morgan fingerprint density at radius 2 is 1.71 bits per heavy atom. The Kier molecular flexibility index (Phi) is 6.27. The molecule has 2 amide bonds. The van der Waals surface area contributed by atoms with Crippen molar-refractivity contribution in [2.75, 3.05) is 19.6 Å². The minimum Gasteiger partial charge on any atom is -0.340 e. The van der Waals surface area contributed by atoms with Crippen LogP contribution in [0.2, 0.25) is 0 Å². The van der Waals surface area contributed by atoms with Crippen LogP contribution in [0.5, 0.6) is 0 Å². The molecule has 1 aliphatic carbocycles. The van der Waals surface area contributed by atoms with Gasteiger partial charge < -0.3 is 14.8 Å². The number of nitriles is 1. The third-order valence-corrected chi connectivity index (χ3v) is 8.42. The Labute approximate surface area is 223 Å². The number of benzene rings is 2. The van der Waals surface area contributed by atoms with Crippen LogP contribution in [-0.4, -0.2) is 51.2 Å². The second-order valence-electron chi connectivity index (χ2n) is 11.1. The molecule has 38 heavy (non-hydrogen) atoms. The predicted octanol–water partition coefficient (Wildman–Crippen LogP) is 4.88. The number of amides is 2. The van der Waals surface area contributed by atoms with Gasteiger partial charge in [0.15, 0.2) is 0 Å². The minimum atomic E-state index is 0.0690. The second kappa shape index (κ2) is 9.75. The minimum absolute atomic E-state index is 0.0690. The highest BCUT2D eigenvalue weighted by atomic mass is 16.2. The molecule has 0 spiro atoms. The number of hydrogen-bond acceptors (Lipinski definition) is 4. The zero-order valence-corrected chi connectivity index (χ0v) is 22.1. The van der Waals surface area contributed by atoms with Crippen LogP contribution in [-0.2, 0) is 17.8 Å². The number of aryl methyl sites for hydroxylation is 2. The Balaban J connectivity index is 1.18. The van der Waals surface area contributed by atoms with Crippen LogP contribution in [0.25, 0.3) is 11.4 Å². The summed E-state index contributed by atoms with van der Waals surface area (Å²) in [6.07, 6.45) is 4.62. The fraction of sp³-hybridized carbons (Fsp3) is 0.419. The average molecular weight is 508 g/mol. The Morgan fingerprint density at radius 3 is 2.39 bits per heavy atom. The Morgan fingerprint density at radius 1 is 0.974 bits per heavy atom. The molecule has 1 N–H and O–H groups in total. The van der Waals surface area contributed by atoms with Gasteiger partial charge in [-0.15, -0.1) is 0 Å². The lowest BCUT2D eigenvalue weighted by molar-refractivity contribution is -0.133. The highest BCUT2D eigenvalue weighted by molar-refractivity contribution is 5.97. The molecular weight excluding hydrogens is 474 g/mol. The molecule has 1 saturated carbocycles. The number of aromatic nitrogens is 2. The van der Waals surface area contributed by atoms with Crippen LogP contribution in [0.4, 0.5) is 0 Å². The fourth-order valence-electron chi connectivity index (χ4n) is 5.95. The number of carbonyl (C=O) groups is 2. The van der Waals surface area contributed by atoms with Crippen molar-refractivity contribution in [3.8, 4) is 17.5 Å². The van der Waals surface area contributed by atoms with Crippen LogP contribution >= 0.6 is 0 Å². The number of fused-ring (bicyclic) bond motifs is 1. The first-order chi connectivity index (χ1) is 18.4. The normalized spacial score (nSPS) is 17.7. The summed E-state index contributed by atoms with van der Waals surface area (Å²) in [6, 6.07) is 14.1. The van der Waals surface area contributed by atoms with E-state index in [9.17, 15) is 9.59 Å². The first kappa shape index (κ1) is 24.4. The molecule has 2 aromatic carbocycles. The second-order valence-corrected chi connectivity index (χ2v) is 11.1. The van der Waals surface area contributed by atoms with E-state index in [-0.39, 0.29) is 17.7 Å². The summed E-state index contributed by atoms with van der Waals surface area (Å²) in [5.41, 5.74) is 7.68. The summed E-state index contributed by atoms with van der Waals surface area (Å²) in [7, 11) is 0. The van der Waals surface area contributed by atoms with Gasteiger partial charge in [-0.1, -0.05) is 18.2 Å². The average Bonchev–Trinajstić information content (AvgIpc) is 3.71. The number of imidazole rings is 1. The fourth-order valence-corrected chi connectivity index (χ4v) is 5.95. The van der Waals surface area contributed by atoms with Gasteiger partial charge in [0.25, 0.3) is 5.91 Å². The standard InChI is InChI=1S/C31H33N5O2/c1-19-15-20(2)26(31(38)35-12-9-23(10-13-35)22-5-3-21(17-32)4-6-22)16-25(19)29-33-27-11-14-36(18-28(27)34-29)30(37)24-7-8-24/h3-6,15-16,23-24H,7-14,18H2,1-2H3,(H,33,34). The lowest BCUT2D eigenvalue weighted by Gasteiger charge is -2.32. The third-order valence-electron chi connectivity index (χ3n) is 8.42. The van der Waals surface area contributed by atoms with Gasteiger partial charge in [0.1, 0.15) is 5.82 Å². The number of hydrogen-bond donors (Lipinski definition) is 1. The van der Waals surface area contributed by atoms with E-state index in [2.05, 4.69) is 24.0 Å². The zero-order valence-electron chi connectivity index (χ0n) is 22.1. The Bertz CT molecular complexity index is 1440. The van der Waals surface area contributed by atoms with Crippen molar-refractivity contribution in [2.24, 2.45) is 5.92 Å². The van der Waals surface area contributed by atoms with E-state index in [0.29, 0.717) is 31.1 Å². The predicted molar refractivity (Wildman–Crippen MR) is 144 cm³/mol. The molecule has 0 unspecified atom stereocenters. The lowest BCUT2D eigenvalue weighted by Crippen LogP contribution is -2.38. The van der Waals surface area contributed by atoms with Gasteiger partial charge in [0.2, 0.25) is 5.91 Å². The molecule has 2 fully saturated rings. The molecule has 0 radical (unpaired) electrons. The number of piperidine rings is 1. The number of rotatable bonds is 4. The highest BCUT2D eigenvalue weighted by Crippen LogP contribution is 2.34. The van der Waals surface area contributed by atoms with Crippen molar-refractivity contribution < 1.29 is 9.59 Å². The molecule has 1 saturated heterocycles. The maximum atomic E-state index is 13.6. The molecule has 0 bridgehead atoms. The van der Waals surface area contributed by atoms with Crippen LogP contribution in [0.1, 0.15) is 75.6 Å². The third kappa shape index (κ3) is 4.60. The topological polar surface area (TPSA) is 93.1 Å². The van der Waals surface area contributed by atoms with Gasteiger partial charge in [0.05, 0.1) is 29.6 Å². The summed E-state index contributed by atoms with van der Waals surface area (Å²) in [6.45, 7) is 6.80. The van der Waals surface area contributed by atoms with E-state index >= 15 is 0 Å². The first-order valence-electron chi connectivity index (χ1n) is 13.7. The molecule has 3 aromatic rings. The van der Waals surface area contributed by atoms with E-state index in [1.54, 1.807) is 0 Å². The molecule has 7 nitrogen and oxygen atoms in total. The van der Waals surface area contributed by atoms with Crippen molar-refractivity contribution in [2.45, 2.75) is 58.4 Å². The van der Waals surface area contributed by atoms with E-state index in [4.69, 9.17) is 10.2 Å². The number of likely N-dealkylation sites (tertiary alicyclic amines) is 1. The first-order valence-corrected chi connectivity index (χ1v) is 13.7. The molecule has 194 valence electrons. The van der Waals surface area contributed by atoms with Gasteiger partial charge in [-0.05, 0) is 80.3 Å². The highest BCUT2D eigenvalue weighted by Gasteiger charge is 2.35. The smallest absolute Gasteiger partial charge is 0.254 e. The monoisotopic (exact) mass is 507 g/mol. The SMILES string of the molecule is Cc1cc(C)c(-c2nc3c([nH]2)CN(C(=O)C2CC2)CC3)cc1C(=O)N1CCC(c2ccc(C#N)cc2)CC1. The number of aromatic amines is 1. The maximum Gasteiger partial charge on any atom is 0.254 e. The number of nitrogens with one attached hydrogen (secondary N) is 1. The largest absolute Gasteiger partial charge is 0.340 e. The van der Waals surface area contributed by atoms with E-state index in [1.165, 1.54) is 5.56 Å². The van der Waals surface area contributed by atoms with Gasteiger partial charge in [0, 0.05) is 43.1 Å². The van der Waals surface area contributed by atoms with Crippen molar-refractivity contribution >= 4 is 11.8 Å². The zero-order chi connectivity index (χ0) is 26.4. The quantitative estimate of drug-likeness (QED) is 0.545. The lowest BCUT2D eigenvalue weighted by atomic mass is 9.88. The van der Waals surface area contributed by atoms with Gasteiger partial charge in [-0.3, -0.25) is 9.59 Å². The van der Waals surface area contributed by atoms with Gasteiger partial charge >= 0.3 is 0 Å². The summed E-state index contributed by atoms with van der Waals surface area (Å²) < 4.78 is 0. The molecule has 6 rings (SSSR count). The van der Waals surface area contributed by atoms with Crippen LogP contribution in [0.15, 0.2) is 36.4 Å². The van der Waals surface area contributed by atoms with Crippen molar-refractivity contribution in [3.05, 3.63) is 75.6 Å². The van der Waals surface area contributed by atoms with Gasteiger partial charge in [-0.25, -0.2) is 4.98 Å². The summed E-state index contributed by atoms with van der Waals surface area (Å²) in [5.74, 6) is 1.75.